The van der Waals surface area contributed by atoms with E-state index in [4.69, 9.17) is 4.98 Å². The van der Waals surface area contributed by atoms with Gasteiger partial charge in [-0.3, -0.25) is 4.79 Å². The normalized spacial score (nSPS) is 11.6. The predicted molar refractivity (Wildman–Crippen MR) is 138 cm³/mol. The van der Waals surface area contributed by atoms with E-state index in [0.717, 1.165) is 42.1 Å². The van der Waals surface area contributed by atoms with Gasteiger partial charge in [0.2, 0.25) is 0 Å². The van der Waals surface area contributed by atoms with Crippen LogP contribution < -0.4 is 10.6 Å². The van der Waals surface area contributed by atoms with Gasteiger partial charge in [0.25, 0.3) is 5.91 Å². The van der Waals surface area contributed by atoms with Crippen LogP contribution in [0, 0.1) is 0 Å². The number of hydrogen-bond donors (Lipinski definition) is 2. The fraction of sp³-hybridized carbons (Fsp3) is 0.385. The van der Waals surface area contributed by atoms with Crippen molar-refractivity contribution in [3.8, 4) is 11.3 Å². The average Bonchev–Trinajstić information content (AvgIpc) is 3.46. The average molecular weight is 475 g/mol. The molecule has 0 saturated carbocycles. The highest BCUT2D eigenvalue weighted by atomic mass is 16.1. The Balaban J connectivity index is 1.69. The van der Waals surface area contributed by atoms with Crippen molar-refractivity contribution < 1.29 is 4.79 Å². The number of amides is 1. The fourth-order valence-corrected chi connectivity index (χ4v) is 4.08. The summed E-state index contributed by atoms with van der Waals surface area (Å²) < 4.78 is 3.76. The monoisotopic (exact) mass is 474 g/mol. The van der Waals surface area contributed by atoms with E-state index < -0.39 is 0 Å². The van der Waals surface area contributed by atoms with Crippen LogP contribution in [0.1, 0.15) is 41.6 Å². The second kappa shape index (κ2) is 10.8. The lowest BCUT2D eigenvalue weighted by Crippen LogP contribution is -2.26. The molecule has 184 valence electrons. The number of carbonyl (C=O) groups is 1. The Morgan fingerprint density at radius 2 is 2.06 bits per heavy atom. The molecule has 3 aromatic heterocycles. The standard InChI is InChI=1S/C26H34N8O/c1-18(2)34-25-22(15-30-34)21(26(35)29-16-24-28-10-12-33(24)5)14-23(31-25)20-8-6-7-19(13-20)17-32(4)11-9-27-3/h6-8,10,12-15,18,27H,9,11,16-17H2,1-5H3,(H,29,35). The largest absolute Gasteiger partial charge is 0.345 e. The molecule has 3 heterocycles. The zero-order valence-electron chi connectivity index (χ0n) is 21.1. The molecular weight excluding hydrogens is 440 g/mol. The second-order valence-electron chi connectivity index (χ2n) is 9.15. The number of carbonyl (C=O) groups excluding carboxylic acids is 1. The maximum absolute atomic E-state index is 13.3. The predicted octanol–water partition coefficient (Wildman–Crippen LogP) is 2.99. The number of likely N-dealkylation sites (N-methyl/N-ethyl adjacent to an activating group) is 2. The lowest BCUT2D eigenvalue weighted by atomic mass is 10.0. The molecule has 4 rings (SSSR count). The molecule has 4 aromatic rings. The molecule has 9 heteroatoms. The van der Waals surface area contributed by atoms with Gasteiger partial charge in [-0.2, -0.15) is 5.10 Å². The van der Waals surface area contributed by atoms with E-state index in [1.165, 1.54) is 5.56 Å². The van der Waals surface area contributed by atoms with Crippen LogP contribution >= 0.6 is 0 Å². The molecule has 0 radical (unpaired) electrons. The summed E-state index contributed by atoms with van der Waals surface area (Å²) in [5, 5.41) is 11.5. The number of aryl methyl sites for hydroxylation is 1. The van der Waals surface area contributed by atoms with E-state index in [1.807, 2.05) is 47.7 Å². The number of benzene rings is 1. The summed E-state index contributed by atoms with van der Waals surface area (Å²) in [5.41, 5.74) is 4.18. The second-order valence-corrected chi connectivity index (χ2v) is 9.15. The van der Waals surface area contributed by atoms with E-state index in [2.05, 4.69) is 58.6 Å². The first-order valence-electron chi connectivity index (χ1n) is 11.9. The number of fused-ring (bicyclic) bond motifs is 1. The number of hydrogen-bond acceptors (Lipinski definition) is 6. The quantitative estimate of drug-likeness (QED) is 0.367. The van der Waals surface area contributed by atoms with Gasteiger partial charge in [-0.25, -0.2) is 14.6 Å². The third-order valence-electron chi connectivity index (χ3n) is 6.05. The van der Waals surface area contributed by atoms with Crippen molar-refractivity contribution in [1.29, 1.82) is 0 Å². The Morgan fingerprint density at radius 1 is 1.23 bits per heavy atom. The first-order valence-corrected chi connectivity index (χ1v) is 11.9. The van der Waals surface area contributed by atoms with Crippen molar-refractivity contribution in [2.24, 2.45) is 7.05 Å². The lowest BCUT2D eigenvalue weighted by molar-refractivity contribution is 0.0951. The van der Waals surface area contributed by atoms with Crippen LogP contribution in [-0.4, -0.2) is 62.3 Å². The summed E-state index contributed by atoms with van der Waals surface area (Å²) >= 11 is 0. The Bertz CT molecular complexity index is 1310. The molecule has 0 saturated heterocycles. The molecule has 0 aliphatic carbocycles. The number of imidazole rings is 1. The zero-order chi connectivity index (χ0) is 24.9. The SMILES string of the molecule is CNCCN(C)Cc1cccc(-c2cc(C(=O)NCc3nccn3C)c3cnn(C(C)C)c3n2)c1. The minimum atomic E-state index is -0.173. The molecule has 35 heavy (non-hydrogen) atoms. The van der Waals surface area contributed by atoms with Gasteiger partial charge < -0.3 is 20.1 Å². The first kappa shape index (κ1) is 24.6. The maximum atomic E-state index is 13.3. The van der Waals surface area contributed by atoms with Gasteiger partial charge in [0, 0.05) is 50.7 Å². The summed E-state index contributed by atoms with van der Waals surface area (Å²) in [7, 11) is 5.98. The molecule has 0 fully saturated rings. The summed E-state index contributed by atoms with van der Waals surface area (Å²) in [4.78, 5) is 24.8. The number of rotatable bonds is 10. The van der Waals surface area contributed by atoms with Gasteiger partial charge in [-0.1, -0.05) is 18.2 Å². The van der Waals surface area contributed by atoms with Crippen LogP contribution in [0.4, 0.5) is 0 Å². The molecule has 1 aromatic carbocycles. The lowest BCUT2D eigenvalue weighted by Gasteiger charge is -2.17. The Labute approximate surface area is 206 Å². The van der Waals surface area contributed by atoms with Crippen LogP contribution in [0.25, 0.3) is 22.3 Å². The first-order chi connectivity index (χ1) is 16.9. The van der Waals surface area contributed by atoms with Crippen molar-refractivity contribution in [3.05, 3.63) is 65.9 Å². The molecular formula is C26H34N8O. The third-order valence-corrected chi connectivity index (χ3v) is 6.05. The van der Waals surface area contributed by atoms with E-state index in [0.29, 0.717) is 17.8 Å². The van der Waals surface area contributed by atoms with Gasteiger partial charge in [-0.05, 0) is 45.6 Å². The topological polar surface area (TPSA) is 92.9 Å². The van der Waals surface area contributed by atoms with E-state index in [-0.39, 0.29) is 11.9 Å². The maximum Gasteiger partial charge on any atom is 0.252 e. The summed E-state index contributed by atoms with van der Waals surface area (Å²) in [6.07, 6.45) is 5.31. The van der Waals surface area contributed by atoms with Crippen molar-refractivity contribution >= 4 is 16.9 Å². The van der Waals surface area contributed by atoms with Gasteiger partial charge >= 0.3 is 0 Å². The molecule has 0 unspecified atom stereocenters. The molecule has 0 aliphatic rings. The van der Waals surface area contributed by atoms with Gasteiger partial charge in [0.1, 0.15) is 5.82 Å². The van der Waals surface area contributed by atoms with Gasteiger partial charge in [0.05, 0.1) is 29.4 Å². The number of aromatic nitrogens is 5. The summed E-state index contributed by atoms with van der Waals surface area (Å²) in [6.45, 7) is 7.18. The number of nitrogens with zero attached hydrogens (tertiary/aromatic N) is 6. The molecule has 1 amide bonds. The van der Waals surface area contributed by atoms with Gasteiger partial charge in [-0.15, -0.1) is 0 Å². The Hall–Kier alpha value is -3.56. The molecule has 0 aliphatic heterocycles. The number of pyridine rings is 1. The van der Waals surface area contributed by atoms with E-state index in [9.17, 15) is 4.79 Å². The molecule has 0 spiro atoms. The molecule has 2 N–H and O–H groups in total. The Morgan fingerprint density at radius 3 is 2.77 bits per heavy atom. The summed E-state index contributed by atoms with van der Waals surface area (Å²) in [5.74, 6) is 0.616. The van der Waals surface area contributed by atoms with E-state index in [1.54, 1.807) is 12.4 Å². The number of nitrogens with one attached hydrogen (secondary N) is 2. The van der Waals surface area contributed by atoms with Crippen LogP contribution in [0.5, 0.6) is 0 Å². The van der Waals surface area contributed by atoms with Crippen molar-refractivity contribution in [3.63, 3.8) is 0 Å². The highest BCUT2D eigenvalue weighted by Crippen LogP contribution is 2.27. The molecule has 9 nitrogen and oxygen atoms in total. The Kier molecular flexibility index (Phi) is 7.57. The zero-order valence-corrected chi connectivity index (χ0v) is 21.1. The smallest absolute Gasteiger partial charge is 0.252 e. The summed E-state index contributed by atoms with van der Waals surface area (Å²) in [6, 6.07) is 10.3. The van der Waals surface area contributed by atoms with Crippen molar-refractivity contribution in [1.82, 2.24) is 39.8 Å². The van der Waals surface area contributed by atoms with Gasteiger partial charge in [0.15, 0.2) is 5.65 Å². The molecule has 0 atom stereocenters. The van der Waals surface area contributed by atoms with E-state index >= 15 is 0 Å². The fourth-order valence-electron chi connectivity index (χ4n) is 4.08. The van der Waals surface area contributed by atoms with Crippen molar-refractivity contribution in [2.75, 3.05) is 27.2 Å². The van der Waals surface area contributed by atoms with Crippen LogP contribution in [0.2, 0.25) is 0 Å². The van der Waals surface area contributed by atoms with Crippen molar-refractivity contribution in [2.45, 2.75) is 33.0 Å². The third kappa shape index (κ3) is 5.58. The van der Waals surface area contributed by atoms with Crippen LogP contribution in [-0.2, 0) is 20.1 Å². The molecule has 0 bridgehead atoms. The minimum Gasteiger partial charge on any atom is -0.345 e. The van der Waals surface area contributed by atoms with Crippen LogP contribution in [0.15, 0.2) is 48.9 Å². The highest BCUT2D eigenvalue weighted by molar-refractivity contribution is 6.06. The highest BCUT2D eigenvalue weighted by Gasteiger charge is 2.19. The minimum absolute atomic E-state index is 0.117. The van der Waals surface area contributed by atoms with Crippen LogP contribution in [0.3, 0.4) is 0 Å².